The van der Waals surface area contributed by atoms with E-state index in [1.54, 1.807) is 0 Å². The Morgan fingerprint density at radius 2 is 0.891 bits per heavy atom. The molecule has 6 nitrogen and oxygen atoms in total. The number of unbranched alkanes of at least 4 members (excludes halogenated alkanes) is 25. The molecule has 0 aliphatic carbocycles. The zero-order chi connectivity index (χ0) is 46.7. The van der Waals surface area contributed by atoms with Crippen LogP contribution in [0.2, 0.25) is 0 Å². The summed E-state index contributed by atoms with van der Waals surface area (Å²) in [4.78, 5) is 26.2. The van der Waals surface area contributed by atoms with Gasteiger partial charge in [0.05, 0.1) is 25.2 Å². The Bertz CT molecular complexity index is 1190. The smallest absolute Gasteiger partial charge is 0.306 e. The predicted octanol–water partition coefficient (Wildman–Crippen LogP) is 16.6. The average Bonchev–Trinajstić information content (AvgIpc) is 3.29. The first-order valence-corrected chi connectivity index (χ1v) is 27.2. The Labute approximate surface area is 396 Å². The van der Waals surface area contributed by atoms with E-state index in [4.69, 9.17) is 4.74 Å². The number of hydrogen-bond donors (Lipinski definition) is 3. The highest BCUT2D eigenvalue weighted by Gasteiger charge is 2.24. The van der Waals surface area contributed by atoms with E-state index in [0.29, 0.717) is 19.3 Å². The van der Waals surface area contributed by atoms with Crippen molar-refractivity contribution < 1.29 is 24.5 Å². The van der Waals surface area contributed by atoms with Crippen molar-refractivity contribution in [3.63, 3.8) is 0 Å². The van der Waals surface area contributed by atoms with Crippen LogP contribution in [0.1, 0.15) is 258 Å². The first kappa shape index (κ1) is 61.3. The molecule has 0 bridgehead atoms. The molecule has 370 valence electrons. The normalized spacial score (nSPS) is 13.8. The number of carbonyl (C=O) groups is 2. The Morgan fingerprint density at radius 1 is 0.484 bits per heavy atom. The minimum atomic E-state index is -0.803. The predicted molar refractivity (Wildman–Crippen MR) is 278 cm³/mol. The highest BCUT2D eigenvalue weighted by molar-refractivity contribution is 5.77. The molecule has 0 heterocycles. The van der Waals surface area contributed by atoms with E-state index in [2.05, 4.69) is 99.0 Å². The molecular weight excluding hydrogens is 791 g/mol. The average molecular weight is 894 g/mol. The van der Waals surface area contributed by atoms with E-state index in [1.807, 2.05) is 0 Å². The van der Waals surface area contributed by atoms with Gasteiger partial charge in [-0.25, -0.2) is 0 Å². The summed E-state index contributed by atoms with van der Waals surface area (Å²) < 4.78 is 5.92. The van der Waals surface area contributed by atoms with Crippen molar-refractivity contribution in [2.24, 2.45) is 0 Å². The van der Waals surface area contributed by atoms with Gasteiger partial charge < -0.3 is 20.3 Å². The fourth-order valence-electron chi connectivity index (χ4n) is 7.94. The second-order valence-corrected chi connectivity index (χ2v) is 18.3. The number of nitrogens with one attached hydrogen (secondary N) is 1. The van der Waals surface area contributed by atoms with Crippen LogP contribution in [-0.4, -0.2) is 46.9 Å². The third-order valence-corrected chi connectivity index (χ3v) is 12.0. The largest absolute Gasteiger partial charge is 0.462 e. The summed E-state index contributed by atoms with van der Waals surface area (Å²) in [6, 6.07) is -0.720. The highest BCUT2D eigenvalue weighted by atomic mass is 16.5. The minimum absolute atomic E-state index is 0.0446. The molecule has 0 saturated carbocycles. The molecule has 3 unspecified atom stereocenters. The molecule has 3 atom stereocenters. The van der Waals surface area contributed by atoms with Crippen LogP contribution in [-0.2, 0) is 14.3 Å². The number of allylic oxidation sites excluding steroid dienone is 12. The number of esters is 1. The van der Waals surface area contributed by atoms with Gasteiger partial charge in [0.15, 0.2) is 0 Å². The van der Waals surface area contributed by atoms with Crippen molar-refractivity contribution >= 4 is 11.9 Å². The van der Waals surface area contributed by atoms with Crippen LogP contribution >= 0.6 is 0 Å². The summed E-state index contributed by atoms with van der Waals surface area (Å²) >= 11 is 0. The maximum Gasteiger partial charge on any atom is 0.306 e. The summed E-state index contributed by atoms with van der Waals surface area (Å²) in [5.41, 5.74) is 0. The summed E-state index contributed by atoms with van der Waals surface area (Å²) in [7, 11) is 0. The van der Waals surface area contributed by atoms with E-state index < -0.39 is 18.2 Å². The molecule has 0 aliphatic heterocycles. The molecule has 0 spiro atoms. The van der Waals surface area contributed by atoms with E-state index in [1.165, 1.54) is 109 Å². The number of aliphatic hydroxyl groups excluding tert-OH is 2. The van der Waals surface area contributed by atoms with Crippen molar-refractivity contribution in [1.29, 1.82) is 0 Å². The second kappa shape index (κ2) is 51.3. The number of amides is 1. The van der Waals surface area contributed by atoms with Gasteiger partial charge in [0.1, 0.15) is 6.10 Å². The summed E-state index contributed by atoms with van der Waals surface area (Å²) in [6.45, 7) is 6.36. The minimum Gasteiger partial charge on any atom is -0.462 e. The summed E-state index contributed by atoms with van der Waals surface area (Å²) in [6.07, 6.45) is 65.3. The lowest BCUT2D eigenvalue weighted by atomic mass is 10.0. The standard InChI is InChI=1S/C58H103NO5/c1-4-7-10-13-16-19-22-25-27-29-32-34-37-40-43-46-49-54(64-58(63)51-48-45-42-39-36-33-30-28-26-23-20-17-14-11-8-5-2)52-57(62)59-55(53-60)56(61)50-47-44-41-38-35-31-24-21-18-15-12-9-6-3/h8,11,17,20,26-29,32-34,36,54-56,60-61H,4-7,9-10,12-16,18-19,21-25,30-31,35,37-53H2,1-3H3,(H,59,62)/b11-8+,20-17+,28-26+,29-27+,34-32+,36-33+. The lowest BCUT2D eigenvalue weighted by Gasteiger charge is -2.24. The lowest BCUT2D eigenvalue weighted by molar-refractivity contribution is -0.151. The van der Waals surface area contributed by atoms with Crippen molar-refractivity contribution in [2.75, 3.05) is 6.61 Å². The van der Waals surface area contributed by atoms with Gasteiger partial charge in [-0.15, -0.1) is 0 Å². The topological polar surface area (TPSA) is 95.9 Å². The monoisotopic (exact) mass is 894 g/mol. The SMILES string of the molecule is CC/C=C/C/C=C/C/C=C/C/C=C/CCCCCC(=O)OC(CCCCC/C=C/C=C/CCCCCCCCC)CC(=O)NC(CO)C(O)CCCCCCCCCCCCCCC. The van der Waals surface area contributed by atoms with Crippen LogP contribution in [0, 0.1) is 0 Å². The molecule has 0 saturated heterocycles. The Morgan fingerprint density at radius 3 is 1.39 bits per heavy atom. The molecule has 0 fully saturated rings. The third-order valence-electron chi connectivity index (χ3n) is 12.0. The Hall–Kier alpha value is -2.70. The van der Waals surface area contributed by atoms with Gasteiger partial charge >= 0.3 is 5.97 Å². The van der Waals surface area contributed by atoms with Crippen LogP contribution in [0.4, 0.5) is 0 Å². The maximum absolute atomic E-state index is 13.2. The molecule has 1 amide bonds. The van der Waals surface area contributed by atoms with Gasteiger partial charge in [-0.05, 0) is 89.9 Å². The number of aliphatic hydroxyl groups is 2. The number of ether oxygens (including phenoxy) is 1. The van der Waals surface area contributed by atoms with Crippen molar-refractivity contribution in [2.45, 2.75) is 277 Å². The van der Waals surface area contributed by atoms with Gasteiger partial charge in [-0.1, -0.05) is 229 Å². The van der Waals surface area contributed by atoms with E-state index >= 15 is 0 Å². The molecule has 0 aromatic rings. The van der Waals surface area contributed by atoms with Gasteiger partial charge in [-0.2, -0.15) is 0 Å². The number of carbonyl (C=O) groups excluding carboxylic acids is 2. The zero-order valence-electron chi connectivity index (χ0n) is 42.1. The Balaban J connectivity index is 4.69. The van der Waals surface area contributed by atoms with Crippen molar-refractivity contribution in [3.05, 3.63) is 72.9 Å². The number of hydrogen-bond acceptors (Lipinski definition) is 5. The van der Waals surface area contributed by atoms with Crippen LogP contribution in [0.15, 0.2) is 72.9 Å². The zero-order valence-corrected chi connectivity index (χ0v) is 42.1. The van der Waals surface area contributed by atoms with E-state index in [9.17, 15) is 19.8 Å². The summed E-state index contributed by atoms with van der Waals surface area (Å²) in [5.74, 6) is -0.535. The van der Waals surface area contributed by atoms with Crippen LogP contribution in [0.5, 0.6) is 0 Å². The first-order chi connectivity index (χ1) is 31.5. The second-order valence-electron chi connectivity index (χ2n) is 18.3. The molecule has 0 aromatic carbocycles. The molecule has 64 heavy (non-hydrogen) atoms. The van der Waals surface area contributed by atoms with Crippen molar-refractivity contribution in [1.82, 2.24) is 5.32 Å². The Kier molecular flexibility index (Phi) is 49.1. The molecule has 0 radical (unpaired) electrons. The van der Waals surface area contributed by atoms with Crippen LogP contribution < -0.4 is 5.32 Å². The molecular formula is C58H103NO5. The summed E-state index contributed by atoms with van der Waals surface area (Å²) in [5, 5.41) is 23.8. The lowest BCUT2D eigenvalue weighted by Crippen LogP contribution is -2.46. The molecule has 0 rings (SSSR count). The molecule has 0 aliphatic rings. The van der Waals surface area contributed by atoms with Crippen LogP contribution in [0.3, 0.4) is 0 Å². The van der Waals surface area contributed by atoms with Crippen molar-refractivity contribution in [3.8, 4) is 0 Å². The molecule has 0 aromatic heterocycles. The fraction of sp³-hybridized carbons (Fsp3) is 0.759. The molecule has 6 heteroatoms. The van der Waals surface area contributed by atoms with E-state index in [-0.39, 0.29) is 24.9 Å². The third kappa shape index (κ3) is 45.9. The van der Waals surface area contributed by atoms with Gasteiger partial charge in [-0.3, -0.25) is 9.59 Å². The first-order valence-electron chi connectivity index (χ1n) is 27.2. The quantitative estimate of drug-likeness (QED) is 0.0245. The highest BCUT2D eigenvalue weighted by Crippen LogP contribution is 2.17. The van der Waals surface area contributed by atoms with E-state index in [0.717, 1.165) is 103 Å². The fourth-order valence-corrected chi connectivity index (χ4v) is 7.94. The number of rotatable bonds is 48. The van der Waals surface area contributed by atoms with Crippen LogP contribution in [0.25, 0.3) is 0 Å². The van der Waals surface area contributed by atoms with Gasteiger partial charge in [0.2, 0.25) is 5.91 Å². The molecule has 3 N–H and O–H groups in total. The van der Waals surface area contributed by atoms with Gasteiger partial charge in [0, 0.05) is 6.42 Å². The maximum atomic E-state index is 13.2. The van der Waals surface area contributed by atoms with Gasteiger partial charge in [0.25, 0.3) is 0 Å².